The Hall–Kier alpha value is -1.11. The van der Waals surface area contributed by atoms with Gasteiger partial charge in [-0.05, 0) is 104 Å². The van der Waals surface area contributed by atoms with Crippen LogP contribution in [0.2, 0.25) is 0 Å². The van der Waals surface area contributed by atoms with E-state index in [0.29, 0.717) is 36.0 Å². The molecule has 3 aliphatic carbocycles. The fourth-order valence-electron chi connectivity index (χ4n) is 8.29. The lowest BCUT2D eigenvalue weighted by molar-refractivity contribution is -0.0396. The molecule has 2 fully saturated rings. The number of fused-ring (bicyclic) bond motifs is 5. The molecule has 0 spiro atoms. The van der Waals surface area contributed by atoms with E-state index in [1.165, 1.54) is 43.2 Å². The van der Waals surface area contributed by atoms with Gasteiger partial charge in [-0.3, -0.25) is 0 Å². The predicted molar refractivity (Wildman–Crippen MR) is 156 cm³/mol. The molecule has 1 aromatic carbocycles. The number of aliphatic hydroxyl groups is 1. The fourth-order valence-corrected chi connectivity index (χ4v) is 9.47. The Labute approximate surface area is 232 Å². The van der Waals surface area contributed by atoms with Crippen LogP contribution in [-0.4, -0.2) is 37.0 Å². The fraction of sp³-hybridized carbons (Fsp3) is 0.812. The molecule has 0 aliphatic heterocycles. The lowest BCUT2D eigenvalue weighted by Crippen LogP contribution is -2.47. The third-order valence-electron chi connectivity index (χ3n) is 10.4. The van der Waals surface area contributed by atoms with Crippen LogP contribution in [-0.2, 0) is 16.4 Å². The molecule has 6 heteroatoms. The van der Waals surface area contributed by atoms with Gasteiger partial charge in [0.1, 0.15) is 5.75 Å². The van der Waals surface area contributed by atoms with Gasteiger partial charge < -0.3 is 10.2 Å². The number of aromatic hydroxyl groups is 1. The standard InChI is InChI=1S/C32H53NO4S/c1-3-4-5-8-11-20-33-38(36,37)21-12-9-6-7-10-13-24-22-25-23-26(34)14-15-27(25)28-18-19-32(2)29(31(24)28)16-17-30(32)35/h14-15,23-24,28-31,33-35H,3-13,16-22H2,1-2H3/t24-,28?,29?,30+,31?,32+/m1/s1. The van der Waals surface area contributed by atoms with Crippen LogP contribution in [0.1, 0.15) is 127 Å². The van der Waals surface area contributed by atoms with Gasteiger partial charge in [0, 0.05) is 6.54 Å². The molecule has 5 nitrogen and oxygen atoms in total. The highest BCUT2D eigenvalue weighted by molar-refractivity contribution is 7.89. The van der Waals surface area contributed by atoms with Crippen LogP contribution in [0, 0.1) is 23.2 Å². The Kier molecular flexibility index (Phi) is 10.6. The van der Waals surface area contributed by atoms with Gasteiger partial charge in [-0.15, -0.1) is 0 Å². The second kappa shape index (κ2) is 13.5. The van der Waals surface area contributed by atoms with Crippen LogP contribution < -0.4 is 4.72 Å². The lowest BCUT2D eigenvalue weighted by atomic mass is 9.52. The predicted octanol–water partition coefficient (Wildman–Crippen LogP) is 7.07. The maximum absolute atomic E-state index is 12.3. The molecule has 3 unspecified atom stereocenters. The first-order valence-electron chi connectivity index (χ1n) is 15.7. The third kappa shape index (κ3) is 7.14. The normalized spacial score (nSPS) is 30.6. The van der Waals surface area contributed by atoms with Crippen molar-refractivity contribution in [3.8, 4) is 5.75 Å². The summed E-state index contributed by atoms with van der Waals surface area (Å²) in [5.41, 5.74) is 2.84. The minimum absolute atomic E-state index is 0.0584. The topological polar surface area (TPSA) is 86.6 Å². The number of hydrogen-bond acceptors (Lipinski definition) is 4. The molecule has 4 rings (SSSR count). The molecule has 3 N–H and O–H groups in total. The first-order valence-corrected chi connectivity index (χ1v) is 17.4. The summed E-state index contributed by atoms with van der Waals surface area (Å²) < 4.78 is 27.3. The highest BCUT2D eigenvalue weighted by Crippen LogP contribution is 2.62. The van der Waals surface area contributed by atoms with Crippen molar-refractivity contribution in [3.05, 3.63) is 29.3 Å². The van der Waals surface area contributed by atoms with Crippen molar-refractivity contribution >= 4 is 10.0 Å². The van der Waals surface area contributed by atoms with Gasteiger partial charge in [-0.2, -0.15) is 0 Å². The average molecular weight is 548 g/mol. The molecule has 0 saturated heterocycles. The second-order valence-corrected chi connectivity index (χ2v) is 14.9. The number of unbranched alkanes of at least 4 members (excludes halogenated alkanes) is 8. The summed E-state index contributed by atoms with van der Waals surface area (Å²) >= 11 is 0. The molecule has 2 saturated carbocycles. The highest BCUT2D eigenvalue weighted by Gasteiger charge is 2.56. The molecule has 0 aromatic heterocycles. The van der Waals surface area contributed by atoms with E-state index in [9.17, 15) is 18.6 Å². The maximum Gasteiger partial charge on any atom is 0.211 e. The van der Waals surface area contributed by atoms with Gasteiger partial charge in [0.05, 0.1) is 11.9 Å². The zero-order valence-electron chi connectivity index (χ0n) is 24.0. The Bertz CT molecular complexity index is 995. The Morgan fingerprint density at radius 3 is 2.53 bits per heavy atom. The van der Waals surface area contributed by atoms with E-state index < -0.39 is 10.0 Å². The van der Waals surface area contributed by atoms with Gasteiger partial charge >= 0.3 is 0 Å². The molecule has 0 radical (unpaired) electrons. The molecule has 38 heavy (non-hydrogen) atoms. The smallest absolute Gasteiger partial charge is 0.211 e. The molecular weight excluding hydrogens is 494 g/mol. The summed E-state index contributed by atoms with van der Waals surface area (Å²) in [5, 5.41) is 21.0. The third-order valence-corrected chi connectivity index (χ3v) is 11.9. The van der Waals surface area contributed by atoms with E-state index in [0.717, 1.165) is 70.6 Å². The van der Waals surface area contributed by atoms with Crippen LogP contribution in [0.3, 0.4) is 0 Å². The molecule has 0 heterocycles. The van der Waals surface area contributed by atoms with E-state index in [1.54, 1.807) is 0 Å². The Morgan fingerprint density at radius 1 is 0.974 bits per heavy atom. The van der Waals surface area contributed by atoms with E-state index in [4.69, 9.17) is 0 Å². The van der Waals surface area contributed by atoms with Crippen molar-refractivity contribution in [1.29, 1.82) is 0 Å². The largest absolute Gasteiger partial charge is 0.508 e. The number of sulfonamides is 1. The van der Waals surface area contributed by atoms with Gasteiger partial charge in [0.2, 0.25) is 10.0 Å². The van der Waals surface area contributed by atoms with Crippen molar-refractivity contribution < 1.29 is 18.6 Å². The number of nitrogens with one attached hydrogen (secondary N) is 1. The number of phenols is 1. The van der Waals surface area contributed by atoms with E-state index in [1.807, 2.05) is 12.1 Å². The first-order chi connectivity index (χ1) is 18.2. The van der Waals surface area contributed by atoms with Crippen molar-refractivity contribution in [2.45, 2.75) is 129 Å². The van der Waals surface area contributed by atoms with E-state index >= 15 is 0 Å². The molecule has 3 aliphatic rings. The molecule has 216 valence electrons. The van der Waals surface area contributed by atoms with Gasteiger partial charge in [-0.25, -0.2) is 13.1 Å². The monoisotopic (exact) mass is 547 g/mol. The van der Waals surface area contributed by atoms with E-state index in [-0.39, 0.29) is 17.3 Å². The average Bonchev–Trinajstić information content (AvgIpc) is 3.19. The number of hydrogen-bond donors (Lipinski definition) is 3. The Balaban J connectivity index is 1.23. The van der Waals surface area contributed by atoms with Crippen LogP contribution in [0.25, 0.3) is 0 Å². The van der Waals surface area contributed by atoms with Crippen molar-refractivity contribution in [3.63, 3.8) is 0 Å². The molecule has 6 atom stereocenters. The van der Waals surface area contributed by atoms with Crippen LogP contribution in [0.4, 0.5) is 0 Å². The number of rotatable bonds is 15. The molecule has 0 amide bonds. The summed E-state index contributed by atoms with van der Waals surface area (Å²) in [6, 6.07) is 6.02. The van der Waals surface area contributed by atoms with E-state index in [2.05, 4.69) is 24.6 Å². The minimum Gasteiger partial charge on any atom is -0.508 e. The van der Waals surface area contributed by atoms with Crippen LogP contribution in [0.15, 0.2) is 18.2 Å². The van der Waals surface area contributed by atoms with Crippen molar-refractivity contribution in [2.24, 2.45) is 23.2 Å². The van der Waals surface area contributed by atoms with Crippen molar-refractivity contribution in [2.75, 3.05) is 12.3 Å². The summed E-state index contributed by atoms with van der Waals surface area (Å²) in [5.74, 6) is 2.99. The quantitative estimate of drug-likeness (QED) is 0.205. The van der Waals surface area contributed by atoms with Crippen LogP contribution in [0.5, 0.6) is 5.75 Å². The summed E-state index contributed by atoms with van der Waals surface area (Å²) in [6.07, 6.45) is 17.2. The molecule has 0 bridgehead atoms. The minimum atomic E-state index is -3.14. The summed E-state index contributed by atoms with van der Waals surface area (Å²) in [4.78, 5) is 0. The lowest BCUT2D eigenvalue weighted by Gasteiger charge is -2.53. The molecule has 1 aromatic rings. The van der Waals surface area contributed by atoms with Crippen LogP contribution >= 0.6 is 0 Å². The van der Waals surface area contributed by atoms with Gasteiger partial charge in [0.15, 0.2) is 0 Å². The number of phenolic OH excluding ortho intramolecular Hbond substituents is 1. The molecular formula is C32H53NO4S. The van der Waals surface area contributed by atoms with Gasteiger partial charge in [-0.1, -0.05) is 71.3 Å². The summed E-state index contributed by atoms with van der Waals surface area (Å²) in [6.45, 7) is 5.10. The second-order valence-electron chi connectivity index (χ2n) is 13.0. The number of aliphatic hydroxyl groups excluding tert-OH is 1. The van der Waals surface area contributed by atoms with Crippen molar-refractivity contribution in [1.82, 2.24) is 4.72 Å². The zero-order chi connectivity index (χ0) is 27.2. The zero-order valence-corrected chi connectivity index (χ0v) is 24.8. The maximum atomic E-state index is 12.3. The van der Waals surface area contributed by atoms with Gasteiger partial charge in [0.25, 0.3) is 0 Å². The summed E-state index contributed by atoms with van der Waals surface area (Å²) in [7, 11) is -3.14. The number of benzene rings is 1. The Morgan fingerprint density at radius 2 is 1.71 bits per heavy atom. The highest BCUT2D eigenvalue weighted by atomic mass is 32.2. The first kappa shape index (κ1) is 29.9. The SMILES string of the molecule is CCCCCCCNS(=O)(=O)CCCCCCC[C@@H]1Cc2cc(O)ccc2C2CC[C@@]3(C)C(CC[C@@H]3O)C21.